The smallest absolute Gasteiger partial charge is 0.303 e. The quantitative estimate of drug-likeness (QED) is 0.355. The third-order valence-electron chi connectivity index (χ3n) is 4.88. The number of rotatable bonds is 13. The molecule has 0 bridgehead atoms. The van der Waals surface area contributed by atoms with Crippen molar-refractivity contribution in [2.75, 3.05) is 0 Å². The maximum atomic E-state index is 10.3. The van der Waals surface area contributed by atoms with Gasteiger partial charge in [0.05, 0.1) is 0 Å². The number of benzene rings is 2. The van der Waals surface area contributed by atoms with Crippen molar-refractivity contribution in [3.63, 3.8) is 0 Å². The minimum absolute atomic E-state index is 0.344. The van der Waals surface area contributed by atoms with E-state index in [4.69, 9.17) is 5.11 Å². The topological polar surface area (TPSA) is 37.3 Å². The monoisotopic (exact) mass is 382 g/mol. The van der Waals surface area contributed by atoms with Gasteiger partial charge in [-0.25, -0.2) is 0 Å². The number of aliphatic carboxylic acids is 1. The fraction of sp³-hybridized carbons (Fsp3) is 0.500. The first-order valence-electron chi connectivity index (χ1n) is 11.1. The number of hydrogen-bond acceptors (Lipinski definition) is 1. The Balaban J connectivity index is 0.000000289. The molecule has 0 spiro atoms. The SMILES string of the molecule is CCCCCCCCCCCCCC(=O)O.c1ccc(-c2ccccc2)cc1. The normalized spacial score (nSPS) is 10.2. The number of carbonyl (C=O) groups is 1. The summed E-state index contributed by atoms with van der Waals surface area (Å²) in [7, 11) is 0. The number of unbranched alkanes of at least 4 members (excludes halogenated alkanes) is 10. The van der Waals surface area contributed by atoms with Gasteiger partial charge in [0.15, 0.2) is 0 Å². The lowest BCUT2D eigenvalue weighted by molar-refractivity contribution is -0.137. The Kier molecular flexibility index (Phi) is 14.6. The summed E-state index contributed by atoms with van der Waals surface area (Å²) >= 11 is 0. The molecular formula is C26H38O2. The summed E-state index contributed by atoms with van der Waals surface area (Å²) in [5, 5.41) is 8.46. The van der Waals surface area contributed by atoms with Crippen LogP contribution in [0.2, 0.25) is 0 Å². The molecule has 2 aromatic carbocycles. The van der Waals surface area contributed by atoms with E-state index in [9.17, 15) is 4.79 Å². The van der Waals surface area contributed by atoms with E-state index in [-0.39, 0.29) is 0 Å². The molecule has 0 saturated heterocycles. The highest BCUT2D eigenvalue weighted by Gasteiger charge is 1.96. The molecule has 0 aromatic heterocycles. The van der Waals surface area contributed by atoms with Gasteiger partial charge >= 0.3 is 5.97 Å². The third-order valence-corrected chi connectivity index (χ3v) is 4.88. The minimum Gasteiger partial charge on any atom is -0.481 e. The molecule has 0 radical (unpaired) electrons. The van der Waals surface area contributed by atoms with Crippen LogP contribution >= 0.6 is 0 Å². The van der Waals surface area contributed by atoms with Gasteiger partial charge in [-0.2, -0.15) is 0 Å². The summed E-state index contributed by atoms with van der Waals surface area (Å²) in [6.45, 7) is 2.25. The Morgan fingerprint density at radius 2 is 0.964 bits per heavy atom. The maximum Gasteiger partial charge on any atom is 0.303 e. The summed E-state index contributed by atoms with van der Waals surface area (Å²) in [6.07, 6.45) is 14.4. The van der Waals surface area contributed by atoms with E-state index in [0.29, 0.717) is 6.42 Å². The van der Waals surface area contributed by atoms with Crippen LogP contribution in [0.25, 0.3) is 11.1 Å². The van der Waals surface area contributed by atoms with Crippen LogP contribution in [0.3, 0.4) is 0 Å². The van der Waals surface area contributed by atoms with Gasteiger partial charge in [0, 0.05) is 6.42 Å². The molecule has 2 rings (SSSR count). The Labute approximate surface area is 172 Å². The van der Waals surface area contributed by atoms with E-state index < -0.39 is 5.97 Å². The van der Waals surface area contributed by atoms with Crippen molar-refractivity contribution >= 4 is 5.97 Å². The highest BCUT2D eigenvalue weighted by molar-refractivity contribution is 5.66. The van der Waals surface area contributed by atoms with Crippen molar-refractivity contribution in [3.05, 3.63) is 60.7 Å². The molecule has 0 fully saturated rings. The van der Waals surface area contributed by atoms with Crippen molar-refractivity contribution in [2.45, 2.75) is 84.0 Å². The van der Waals surface area contributed by atoms with Gasteiger partial charge in [-0.3, -0.25) is 4.79 Å². The van der Waals surface area contributed by atoms with Crippen molar-refractivity contribution in [2.24, 2.45) is 0 Å². The molecule has 2 aromatic rings. The van der Waals surface area contributed by atoms with E-state index in [1.54, 1.807) is 0 Å². The van der Waals surface area contributed by atoms with Gasteiger partial charge in [0.2, 0.25) is 0 Å². The van der Waals surface area contributed by atoms with E-state index in [0.717, 1.165) is 12.8 Å². The molecule has 0 aliphatic rings. The molecule has 2 heteroatoms. The highest BCUT2D eigenvalue weighted by atomic mass is 16.4. The van der Waals surface area contributed by atoms with Gasteiger partial charge in [-0.15, -0.1) is 0 Å². The number of carboxylic acid groups (broad SMARTS) is 1. The highest BCUT2D eigenvalue weighted by Crippen LogP contribution is 2.17. The fourth-order valence-electron chi connectivity index (χ4n) is 3.20. The second-order valence-electron chi connectivity index (χ2n) is 7.41. The molecule has 0 aliphatic heterocycles. The first-order chi connectivity index (χ1) is 13.7. The van der Waals surface area contributed by atoms with Gasteiger partial charge in [-0.05, 0) is 17.5 Å². The van der Waals surface area contributed by atoms with Crippen molar-refractivity contribution < 1.29 is 9.90 Å². The van der Waals surface area contributed by atoms with Crippen molar-refractivity contribution in [3.8, 4) is 11.1 Å². The average Bonchev–Trinajstić information content (AvgIpc) is 2.73. The second kappa shape index (κ2) is 17.0. The number of carboxylic acids is 1. The van der Waals surface area contributed by atoms with E-state index in [1.807, 2.05) is 12.1 Å². The van der Waals surface area contributed by atoms with Gasteiger partial charge in [0.1, 0.15) is 0 Å². The Morgan fingerprint density at radius 1 is 0.607 bits per heavy atom. The van der Waals surface area contributed by atoms with Gasteiger partial charge in [-0.1, -0.05) is 132 Å². The van der Waals surface area contributed by atoms with Crippen molar-refractivity contribution in [1.29, 1.82) is 0 Å². The summed E-state index contributed by atoms with van der Waals surface area (Å²) in [5.74, 6) is -0.657. The zero-order valence-electron chi connectivity index (χ0n) is 17.6. The van der Waals surface area contributed by atoms with Crippen LogP contribution in [0.1, 0.15) is 84.0 Å². The Hall–Kier alpha value is -2.09. The summed E-state index contributed by atoms with van der Waals surface area (Å²) in [6, 6.07) is 20.8. The van der Waals surface area contributed by atoms with Gasteiger partial charge < -0.3 is 5.11 Å². The van der Waals surface area contributed by atoms with Crippen LogP contribution < -0.4 is 0 Å². The molecule has 0 heterocycles. The zero-order valence-corrected chi connectivity index (χ0v) is 17.6. The minimum atomic E-state index is -0.657. The lowest BCUT2D eigenvalue weighted by Crippen LogP contribution is -1.93. The summed E-state index contributed by atoms with van der Waals surface area (Å²) in [5.41, 5.74) is 2.55. The average molecular weight is 383 g/mol. The van der Waals surface area contributed by atoms with Crippen molar-refractivity contribution in [1.82, 2.24) is 0 Å². The Bertz CT molecular complexity index is 555. The molecule has 28 heavy (non-hydrogen) atoms. The molecule has 0 saturated carbocycles. The molecule has 154 valence electrons. The van der Waals surface area contributed by atoms with Gasteiger partial charge in [0.25, 0.3) is 0 Å². The lowest BCUT2D eigenvalue weighted by Gasteiger charge is -2.01. The van der Waals surface area contributed by atoms with Crippen LogP contribution in [0, 0.1) is 0 Å². The predicted molar refractivity (Wildman–Crippen MR) is 121 cm³/mol. The lowest BCUT2D eigenvalue weighted by atomic mass is 10.1. The van der Waals surface area contributed by atoms with E-state index in [1.165, 1.54) is 68.9 Å². The van der Waals surface area contributed by atoms with E-state index in [2.05, 4.69) is 55.5 Å². The molecule has 0 atom stereocenters. The number of hydrogen-bond donors (Lipinski definition) is 1. The molecule has 0 aliphatic carbocycles. The van der Waals surface area contributed by atoms with Crippen LogP contribution in [0.15, 0.2) is 60.7 Å². The largest absolute Gasteiger partial charge is 0.481 e. The molecule has 0 amide bonds. The summed E-state index contributed by atoms with van der Waals surface area (Å²) < 4.78 is 0. The fourth-order valence-corrected chi connectivity index (χ4v) is 3.20. The van der Waals surface area contributed by atoms with Crippen LogP contribution in [-0.2, 0) is 4.79 Å². The molecule has 1 N–H and O–H groups in total. The maximum absolute atomic E-state index is 10.3. The van der Waals surface area contributed by atoms with Crippen LogP contribution in [-0.4, -0.2) is 11.1 Å². The second-order valence-corrected chi connectivity index (χ2v) is 7.41. The molecule has 2 nitrogen and oxygen atoms in total. The predicted octanol–water partition coefficient (Wildman–Crippen LogP) is 8.13. The first-order valence-corrected chi connectivity index (χ1v) is 11.1. The van der Waals surface area contributed by atoms with Crippen LogP contribution in [0.5, 0.6) is 0 Å². The Morgan fingerprint density at radius 3 is 1.32 bits per heavy atom. The summed E-state index contributed by atoms with van der Waals surface area (Å²) in [4.78, 5) is 10.3. The first kappa shape index (κ1) is 23.9. The standard InChI is InChI=1S/C14H28O2.C12H10/c1-2-3-4-5-6-7-8-9-10-11-12-13-14(15)16;1-3-7-11(8-4-1)12-9-5-2-6-10-12/h2-13H2,1H3,(H,15,16);1-10H. The molecular weight excluding hydrogens is 344 g/mol. The zero-order chi connectivity index (χ0) is 20.3. The molecule has 0 unspecified atom stereocenters. The van der Waals surface area contributed by atoms with E-state index >= 15 is 0 Å². The van der Waals surface area contributed by atoms with Crippen LogP contribution in [0.4, 0.5) is 0 Å². The third kappa shape index (κ3) is 13.1.